The van der Waals surface area contributed by atoms with Gasteiger partial charge in [0.1, 0.15) is 6.10 Å². The summed E-state index contributed by atoms with van der Waals surface area (Å²) >= 11 is 0. The fraction of sp³-hybridized carbons (Fsp3) is 0.714. The molecule has 2 heterocycles. The van der Waals surface area contributed by atoms with Crippen LogP contribution in [0.3, 0.4) is 0 Å². The summed E-state index contributed by atoms with van der Waals surface area (Å²) in [5.41, 5.74) is 0.392. The van der Waals surface area contributed by atoms with E-state index in [-0.39, 0.29) is 12.0 Å². The van der Waals surface area contributed by atoms with Gasteiger partial charge >= 0.3 is 0 Å². The Morgan fingerprint density at radius 2 is 2.21 bits per heavy atom. The molecule has 19 heavy (non-hydrogen) atoms. The maximum Gasteiger partial charge on any atom is 0.276 e. The van der Waals surface area contributed by atoms with Crippen molar-refractivity contribution in [2.45, 2.75) is 45.6 Å². The van der Waals surface area contributed by atoms with Crippen molar-refractivity contribution in [1.82, 2.24) is 10.1 Å². The van der Waals surface area contributed by atoms with Gasteiger partial charge in [0.05, 0.1) is 0 Å². The highest BCUT2D eigenvalue weighted by Gasteiger charge is 2.23. The lowest BCUT2D eigenvalue weighted by atomic mass is 10.1. The summed E-state index contributed by atoms with van der Waals surface area (Å²) in [6.45, 7) is 6.28. The van der Waals surface area contributed by atoms with Gasteiger partial charge < -0.3 is 14.2 Å². The summed E-state index contributed by atoms with van der Waals surface area (Å²) in [5.74, 6) is 0.589. The van der Waals surface area contributed by atoms with E-state index >= 15 is 0 Å². The van der Waals surface area contributed by atoms with E-state index in [4.69, 9.17) is 9.26 Å². The van der Waals surface area contributed by atoms with Crippen LogP contribution in [-0.4, -0.2) is 35.7 Å². The molecule has 1 aliphatic rings. The molecular formula is C14H22N2O3. The van der Waals surface area contributed by atoms with Crippen molar-refractivity contribution < 1.29 is 14.1 Å². The number of aromatic nitrogens is 1. The highest BCUT2D eigenvalue weighted by atomic mass is 16.5. The highest BCUT2D eigenvalue weighted by Crippen LogP contribution is 2.19. The van der Waals surface area contributed by atoms with Gasteiger partial charge in [0.25, 0.3) is 5.91 Å². The number of rotatable bonds is 5. The zero-order valence-corrected chi connectivity index (χ0v) is 11.7. The number of amides is 1. The molecule has 0 aliphatic carbocycles. The first-order valence-corrected chi connectivity index (χ1v) is 7.10. The zero-order chi connectivity index (χ0) is 13.7. The highest BCUT2D eigenvalue weighted by molar-refractivity contribution is 5.92. The van der Waals surface area contributed by atoms with Crippen molar-refractivity contribution in [2.24, 2.45) is 0 Å². The van der Waals surface area contributed by atoms with Crippen molar-refractivity contribution in [2.75, 3.05) is 19.7 Å². The predicted octanol–water partition coefficient (Wildman–Crippen LogP) is 2.79. The minimum Gasteiger partial charge on any atom is -0.370 e. The lowest BCUT2D eigenvalue weighted by molar-refractivity contribution is 0.0468. The molecule has 1 aromatic heterocycles. The van der Waals surface area contributed by atoms with E-state index in [0.29, 0.717) is 18.1 Å². The summed E-state index contributed by atoms with van der Waals surface area (Å²) in [4.78, 5) is 14.1. The van der Waals surface area contributed by atoms with E-state index in [9.17, 15) is 4.79 Å². The lowest BCUT2D eigenvalue weighted by Crippen LogP contribution is -2.35. The van der Waals surface area contributed by atoms with E-state index in [0.717, 1.165) is 32.4 Å². The average Bonchev–Trinajstić information content (AvgIpc) is 2.94. The van der Waals surface area contributed by atoms with Gasteiger partial charge in [0, 0.05) is 25.8 Å². The fourth-order valence-electron chi connectivity index (χ4n) is 2.22. The molecule has 1 atom stereocenters. The standard InChI is InChI=1S/C14H22N2O3/c1-3-9-18-11(2)13-10-12(15-19-13)14(17)16-7-5-4-6-8-16/h10-11H,3-9H2,1-2H3. The van der Waals surface area contributed by atoms with Crippen LogP contribution in [0.1, 0.15) is 61.9 Å². The molecule has 1 saturated heterocycles. The minimum atomic E-state index is -0.157. The molecule has 106 valence electrons. The normalized spacial score (nSPS) is 17.5. The molecule has 0 saturated carbocycles. The Balaban J connectivity index is 1.97. The number of ether oxygens (including phenoxy) is 1. The van der Waals surface area contributed by atoms with Gasteiger partial charge in [-0.05, 0) is 32.6 Å². The quantitative estimate of drug-likeness (QED) is 0.822. The first-order valence-electron chi connectivity index (χ1n) is 7.10. The number of piperidine rings is 1. The third-order valence-corrected chi connectivity index (χ3v) is 3.36. The van der Waals surface area contributed by atoms with Gasteiger partial charge in [-0.15, -0.1) is 0 Å². The number of likely N-dealkylation sites (tertiary alicyclic amines) is 1. The van der Waals surface area contributed by atoms with Gasteiger partial charge in [0.15, 0.2) is 11.5 Å². The van der Waals surface area contributed by atoms with Gasteiger partial charge in [-0.2, -0.15) is 0 Å². The van der Waals surface area contributed by atoms with Crippen LogP contribution in [0.25, 0.3) is 0 Å². The topological polar surface area (TPSA) is 55.6 Å². The van der Waals surface area contributed by atoms with Crippen LogP contribution >= 0.6 is 0 Å². The Hall–Kier alpha value is -1.36. The van der Waals surface area contributed by atoms with Gasteiger partial charge in [-0.1, -0.05) is 12.1 Å². The van der Waals surface area contributed by atoms with Crippen molar-refractivity contribution in [1.29, 1.82) is 0 Å². The Bertz CT molecular complexity index is 411. The summed E-state index contributed by atoms with van der Waals surface area (Å²) in [5, 5.41) is 3.87. The average molecular weight is 266 g/mol. The second-order valence-corrected chi connectivity index (χ2v) is 4.98. The molecule has 1 aromatic rings. The first-order chi connectivity index (χ1) is 9.22. The molecule has 1 fully saturated rings. The summed E-state index contributed by atoms with van der Waals surface area (Å²) in [6.07, 6.45) is 4.16. The van der Waals surface area contributed by atoms with E-state index in [1.54, 1.807) is 6.07 Å². The maximum absolute atomic E-state index is 12.2. The number of carbonyl (C=O) groups is 1. The van der Waals surface area contributed by atoms with Crippen molar-refractivity contribution in [3.8, 4) is 0 Å². The van der Waals surface area contributed by atoms with Crippen molar-refractivity contribution in [3.05, 3.63) is 17.5 Å². The van der Waals surface area contributed by atoms with Crippen LogP contribution in [-0.2, 0) is 4.74 Å². The number of hydrogen-bond donors (Lipinski definition) is 0. The second-order valence-electron chi connectivity index (χ2n) is 4.98. The molecule has 1 aliphatic heterocycles. The van der Waals surface area contributed by atoms with Crippen molar-refractivity contribution >= 4 is 5.91 Å². The van der Waals surface area contributed by atoms with Crippen LogP contribution in [0, 0.1) is 0 Å². The molecule has 0 radical (unpaired) electrons. The first kappa shape index (κ1) is 14.1. The molecular weight excluding hydrogens is 244 g/mol. The lowest BCUT2D eigenvalue weighted by Gasteiger charge is -2.25. The minimum absolute atomic E-state index is 0.0302. The molecule has 5 heteroatoms. The van der Waals surface area contributed by atoms with Crippen LogP contribution in [0.15, 0.2) is 10.6 Å². The molecule has 2 rings (SSSR count). The third-order valence-electron chi connectivity index (χ3n) is 3.36. The molecule has 0 N–H and O–H groups in total. The van der Waals surface area contributed by atoms with E-state index < -0.39 is 0 Å². The second kappa shape index (κ2) is 6.70. The smallest absolute Gasteiger partial charge is 0.276 e. The van der Waals surface area contributed by atoms with E-state index in [1.807, 2.05) is 11.8 Å². The summed E-state index contributed by atoms with van der Waals surface area (Å²) < 4.78 is 10.8. The Morgan fingerprint density at radius 1 is 1.47 bits per heavy atom. The Kier molecular flexibility index (Phi) is 4.96. The molecule has 5 nitrogen and oxygen atoms in total. The van der Waals surface area contributed by atoms with E-state index in [2.05, 4.69) is 12.1 Å². The molecule has 0 bridgehead atoms. The summed E-state index contributed by atoms with van der Waals surface area (Å²) in [7, 11) is 0. The monoisotopic (exact) mass is 266 g/mol. The SMILES string of the molecule is CCCOC(C)c1cc(C(=O)N2CCCCC2)no1. The van der Waals surface area contributed by atoms with Crippen LogP contribution in [0.2, 0.25) is 0 Å². The van der Waals surface area contributed by atoms with Gasteiger partial charge in [-0.25, -0.2) is 0 Å². The maximum atomic E-state index is 12.2. The number of hydrogen-bond acceptors (Lipinski definition) is 4. The third kappa shape index (κ3) is 3.56. The van der Waals surface area contributed by atoms with Crippen molar-refractivity contribution in [3.63, 3.8) is 0 Å². The molecule has 1 unspecified atom stereocenters. The molecule has 0 spiro atoms. The van der Waals surface area contributed by atoms with E-state index in [1.165, 1.54) is 6.42 Å². The van der Waals surface area contributed by atoms with Crippen LogP contribution in [0.5, 0.6) is 0 Å². The zero-order valence-electron chi connectivity index (χ0n) is 11.7. The fourth-order valence-corrected chi connectivity index (χ4v) is 2.22. The Labute approximate surface area is 113 Å². The van der Waals surface area contributed by atoms with Gasteiger partial charge in [0.2, 0.25) is 0 Å². The number of nitrogens with zero attached hydrogens (tertiary/aromatic N) is 2. The Morgan fingerprint density at radius 3 is 2.89 bits per heavy atom. The molecule has 1 amide bonds. The van der Waals surface area contributed by atoms with Gasteiger partial charge in [-0.3, -0.25) is 4.79 Å². The largest absolute Gasteiger partial charge is 0.370 e. The predicted molar refractivity (Wildman–Crippen MR) is 70.9 cm³/mol. The number of carbonyl (C=O) groups excluding carboxylic acids is 1. The van der Waals surface area contributed by atoms with Crippen LogP contribution < -0.4 is 0 Å². The molecule has 0 aromatic carbocycles. The van der Waals surface area contributed by atoms with Crippen LogP contribution in [0.4, 0.5) is 0 Å². The summed E-state index contributed by atoms with van der Waals surface area (Å²) in [6, 6.07) is 1.71.